The van der Waals surface area contributed by atoms with E-state index in [1.165, 1.54) is 19.3 Å². The van der Waals surface area contributed by atoms with Crippen molar-refractivity contribution in [2.75, 3.05) is 13.2 Å². The molecule has 1 atom stereocenters. The lowest BCUT2D eigenvalue weighted by Gasteiger charge is -2.26. The third-order valence-corrected chi connectivity index (χ3v) is 2.35. The molecule has 2 heteroatoms. The van der Waals surface area contributed by atoms with Crippen molar-refractivity contribution >= 4 is 0 Å². The fourth-order valence-electron chi connectivity index (χ4n) is 1.38. The predicted octanol–water partition coefficient (Wildman–Crippen LogP) is 1.55. The van der Waals surface area contributed by atoms with Gasteiger partial charge in [-0.2, -0.15) is 0 Å². The van der Waals surface area contributed by atoms with Gasteiger partial charge in [-0.05, 0) is 26.2 Å². The fraction of sp³-hybridized carbons (Fsp3) is 1.00. The molecule has 11 heavy (non-hydrogen) atoms. The summed E-state index contributed by atoms with van der Waals surface area (Å²) < 4.78 is 5.27. The summed E-state index contributed by atoms with van der Waals surface area (Å²) in [5.41, 5.74) is 0. The van der Waals surface area contributed by atoms with E-state index in [0.29, 0.717) is 12.1 Å². The quantitative estimate of drug-likeness (QED) is 0.671. The summed E-state index contributed by atoms with van der Waals surface area (Å²) in [6.07, 6.45) is 3.59. The van der Waals surface area contributed by atoms with Gasteiger partial charge < -0.3 is 10.1 Å². The van der Waals surface area contributed by atoms with E-state index in [0.717, 1.165) is 13.2 Å². The van der Waals surface area contributed by atoms with Gasteiger partial charge in [0, 0.05) is 25.3 Å². The molecule has 0 aromatic carbocycles. The van der Waals surface area contributed by atoms with Crippen LogP contribution >= 0.6 is 0 Å². The van der Waals surface area contributed by atoms with E-state index < -0.39 is 0 Å². The van der Waals surface area contributed by atoms with Gasteiger partial charge in [0.2, 0.25) is 0 Å². The standard InChI is InChI=1S/C9H19NO/c1-3-8(2)10-9-4-6-11-7-5-9/h8-10H,3-7H2,1-2H3. The smallest absolute Gasteiger partial charge is 0.0480 e. The molecule has 1 saturated heterocycles. The highest BCUT2D eigenvalue weighted by molar-refractivity contribution is 4.72. The Morgan fingerprint density at radius 2 is 2.09 bits per heavy atom. The second-order valence-corrected chi connectivity index (χ2v) is 3.36. The largest absolute Gasteiger partial charge is 0.381 e. The Morgan fingerprint density at radius 3 is 2.64 bits per heavy atom. The third kappa shape index (κ3) is 3.21. The molecule has 2 nitrogen and oxygen atoms in total. The van der Waals surface area contributed by atoms with E-state index in [2.05, 4.69) is 19.2 Å². The molecule has 0 amide bonds. The number of hydrogen-bond donors (Lipinski definition) is 1. The Balaban J connectivity index is 2.13. The van der Waals surface area contributed by atoms with Crippen molar-refractivity contribution in [2.45, 2.75) is 45.2 Å². The molecule has 1 rings (SSSR count). The van der Waals surface area contributed by atoms with Gasteiger partial charge in [-0.25, -0.2) is 0 Å². The van der Waals surface area contributed by atoms with E-state index in [1.807, 2.05) is 0 Å². The third-order valence-electron chi connectivity index (χ3n) is 2.35. The molecule has 1 heterocycles. The van der Waals surface area contributed by atoms with Crippen LogP contribution in [0.5, 0.6) is 0 Å². The van der Waals surface area contributed by atoms with Crippen LogP contribution < -0.4 is 5.32 Å². The van der Waals surface area contributed by atoms with Crippen LogP contribution in [0.4, 0.5) is 0 Å². The molecule has 0 aromatic heterocycles. The lowest BCUT2D eigenvalue weighted by atomic mass is 10.1. The summed E-state index contributed by atoms with van der Waals surface area (Å²) in [7, 11) is 0. The highest BCUT2D eigenvalue weighted by Gasteiger charge is 2.14. The van der Waals surface area contributed by atoms with Crippen molar-refractivity contribution in [3.8, 4) is 0 Å². The average Bonchev–Trinajstić information content (AvgIpc) is 2.06. The summed E-state index contributed by atoms with van der Waals surface area (Å²) in [5.74, 6) is 0. The zero-order chi connectivity index (χ0) is 8.10. The lowest BCUT2D eigenvalue weighted by Crippen LogP contribution is -2.39. The molecular formula is C9H19NO. The fourth-order valence-corrected chi connectivity index (χ4v) is 1.38. The monoisotopic (exact) mass is 157 g/mol. The van der Waals surface area contributed by atoms with E-state index in [9.17, 15) is 0 Å². The Morgan fingerprint density at radius 1 is 1.45 bits per heavy atom. The van der Waals surface area contributed by atoms with Gasteiger partial charge in [0.1, 0.15) is 0 Å². The Bertz CT molecular complexity index is 99.7. The molecule has 1 N–H and O–H groups in total. The molecule has 1 aliphatic rings. The van der Waals surface area contributed by atoms with Crippen molar-refractivity contribution in [1.29, 1.82) is 0 Å². The molecule has 1 aliphatic heterocycles. The van der Waals surface area contributed by atoms with Crippen molar-refractivity contribution in [2.24, 2.45) is 0 Å². The van der Waals surface area contributed by atoms with E-state index >= 15 is 0 Å². The molecule has 1 fully saturated rings. The van der Waals surface area contributed by atoms with Crippen LogP contribution in [-0.2, 0) is 4.74 Å². The van der Waals surface area contributed by atoms with Gasteiger partial charge in [0.05, 0.1) is 0 Å². The Hall–Kier alpha value is -0.0800. The van der Waals surface area contributed by atoms with Gasteiger partial charge in [0.15, 0.2) is 0 Å². The van der Waals surface area contributed by atoms with Crippen LogP contribution in [0.15, 0.2) is 0 Å². The Kier molecular flexibility index (Phi) is 3.87. The van der Waals surface area contributed by atoms with E-state index in [-0.39, 0.29) is 0 Å². The van der Waals surface area contributed by atoms with E-state index in [1.54, 1.807) is 0 Å². The topological polar surface area (TPSA) is 21.3 Å². The lowest BCUT2D eigenvalue weighted by molar-refractivity contribution is 0.0753. The van der Waals surface area contributed by atoms with Crippen LogP contribution in [0.1, 0.15) is 33.1 Å². The van der Waals surface area contributed by atoms with Crippen molar-refractivity contribution < 1.29 is 4.74 Å². The second-order valence-electron chi connectivity index (χ2n) is 3.36. The summed E-state index contributed by atoms with van der Waals surface area (Å²) >= 11 is 0. The van der Waals surface area contributed by atoms with Crippen LogP contribution in [0.3, 0.4) is 0 Å². The molecule has 0 radical (unpaired) electrons. The summed E-state index contributed by atoms with van der Waals surface area (Å²) in [6, 6.07) is 1.37. The first-order chi connectivity index (χ1) is 5.33. The Labute approximate surface area is 69.3 Å². The molecule has 0 bridgehead atoms. The van der Waals surface area contributed by atoms with Gasteiger partial charge in [0.25, 0.3) is 0 Å². The van der Waals surface area contributed by atoms with Crippen molar-refractivity contribution in [3.63, 3.8) is 0 Å². The molecular weight excluding hydrogens is 138 g/mol. The van der Waals surface area contributed by atoms with Gasteiger partial charge in [-0.3, -0.25) is 0 Å². The molecule has 0 aliphatic carbocycles. The van der Waals surface area contributed by atoms with E-state index in [4.69, 9.17) is 4.74 Å². The van der Waals surface area contributed by atoms with Crippen LogP contribution in [0, 0.1) is 0 Å². The summed E-state index contributed by atoms with van der Waals surface area (Å²) in [6.45, 7) is 6.34. The van der Waals surface area contributed by atoms with Crippen molar-refractivity contribution in [1.82, 2.24) is 5.32 Å². The van der Waals surface area contributed by atoms with Gasteiger partial charge in [-0.15, -0.1) is 0 Å². The highest BCUT2D eigenvalue weighted by atomic mass is 16.5. The minimum Gasteiger partial charge on any atom is -0.381 e. The molecule has 66 valence electrons. The minimum atomic E-state index is 0.665. The average molecular weight is 157 g/mol. The SMILES string of the molecule is CCC(C)NC1CCOCC1. The first-order valence-corrected chi connectivity index (χ1v) is 4.66. The molecule has 0 aromatic rings. The summed E-state index contributed by atoms with van der Waals surface area (Å²) in [5, 5.41) is 3.59. The highest BCUT2D eigenvalue weighted by Crippen LogP contribution is 2.07. The molecule has 1 unspecified atom stereocenters. The number of rotatable bonds is 3. The molecule has 0 spiro atoms. The zero-order valence-electron chi connectivity index (χ0n) is 7.60. The minimum absolute atomic E-state index is 0.665. The second kappa shape index (κ2) is 4.73. The first kappa shape index (κ1) is 9.01. The van der Waals surface area contributed by atoms with Crippen LogP contribution in [-0.4, -0.2) is 25.3 Å². The van der Waals surface area contributed by atoms with Gasteiger partial charge >= 0.3 is 0 Å². The normalized spacial score (nSPS) is 23.5. The first-order valence-electron chi connectivity index (χ1n) is 4.66. The number of ether oxygens (including phenoxy) is 1. The maximum absolute atomic E-state index is 5.27. The maximum atomic E-state index is 5.27. The van der Waals surface area contributed by atoms with Crippen LogP contribution in [0.25, 0.3) is 0 Å². The number of nitrogens with one attached hydrogen (secondary N) is 1. The maximum Gasteiger partial charge on any atom is 0.0480 e. The van der Waals surface area contributed by atoms with Crippen molar-refractivity contribution in [3.05, 3.63) is 0 Å². The van der Waals surface area contributed by atoms with Gasteiger partial charge in [-0.1, -0.05) is 6.92 Å². The number of hydrogen-bond acceptors (Lipinski definition) is 2. The predicted molar refractivity (Wildman–Crippen MR) is 46.7 cm³/mol. The van der Waals surface area contributed by atoms with Crippen LogP contribution in [0.2, 0.25) is 0 Å². The zero-order valence-corrected chi connectivity index (χ0v) is 7.60. The molecule has 0 saturated carbocycles. The summed E-state index contributed by atoms with van der Waals surface area (Å²) in [4.78, 5) is 0.